The van der Waals surface area contributed by atoms with Crippen LogP contribution >= 0.6 is 0 Å². The smallest absolute Gasteiger partial charge is 0.241 e. The summed E-state index contributed by atoms with van der Waals surface area (Å²) >= 11 is 0. The van der Waals surface area contributed by atoms with Gasteiger partial charge < -0.3 is 4.90 Å². The van der Waals surface area contributed by atoms with Gasteiger partial charge in [0.05, 0.1) is 12.2 Å². The molecular formula is C15H28N2O. The first-order valence-corrected chi connectivity index (χ1v) is 7.62. The molecule has 4 unspecified atom stereocenters. The molecule has 1 saturated carbocycles. The first-order valence-electron chi connectivity index (χ1n) is 7.62. The van der Waals surface area contributed by atoms with Crippen molar-refractivity contribution < 1.29 is 4.79 Å². The minimum atomic E-state index is 0.0393. The van der Waals surface area contributed by atoms with Crippen LogP contribution in [0.25, 0.3) is 0 Å². The van der Waals surface area contributed by atoms with Gasteiger partial charge in [0.25, 0.3) is 0 Å². The molecule has 1 aliphatic carbocycles. The Balaban J connectivity index is 2.11. The second-order valence-corrected chi connectivity index (χ2v) is 6.51. The molecule has 0 spiro atoms. The van der Waals surface area contributed by atoms with Gasteiger partial charge in [-0.25, -0.2) is 0 Å². The number of nitrogens with one attached hydrogen (secondary N) is 1. The highest BCUT2D eigenvalue weighted by Crippen LogP contribution is 2.33. The van der Waals surface area contributed by atoms with Gasteiger partial charge in [0.2, 0.25) is 5.91 Å². The highest BCUT2D eigenvalue weighted by molar-refractivity contribution is 5.85. The summed E-state index contributed by atoms with van der Waals surface area (Å²) in [5.41, 5.74) is 0. The van der Waals surface area contributed by atoms with Gasteiger partial charge >= 0.3 is 0 Å². The van der Waals surface area contributed by atoms with Crippen molar-refractivity contribution in [1.82, 2.24) is 10.2 Å². The van der Waals surface area contributed by atoms with E-state index < -0.39 is 0 Å². The van der Waals surface area contributed by atoms with E-state index in [4.69, 9.17) is 0 Å². The van der Waals surface area contributed by atoms with Gasteiger partial charge in [0.15, 0.2) is 0 Å². The van der Waals surface area contributed by atoms with Crippen LogP contribution in [0, 0.1) is 11.8 Å². The van der Waals surface area contributed by atoms with Gasteiger partial charge in [-0.3, -0.25) is 10.1 Å². The molecule has 104 valence electrons. The highest BCUT2D eigenvalue weighted by atomic mass is 16.2. The van der Waals surface area contributed by atoms with Crippen LogP contribution in [-0.2, 0) is 4.79 Å². The first kappa shape index (κ1) is 13.9. The van der Waals surface area contributed by atoms with Crippen molar-refractivity contribution in [3.05, 3.63) is 0 Å². The summed E-state index contributed by atoms with van der Waals surface area (Å²) in [6.07, 6.45) is 6.16. The van der Waals surface area contributed by atoms with Crippen molar-refractivity contribution in [3.63, 3.8) is 0 Å². The van der Waals surface area contributed by atoms with Crippen LogP contribution in [0.5, 0.6) is 0 Å². The second-order valence-electron chi connectivity index (χ2n) is 6.51. The van der Waals surface area contributed by atoms with Crippen molar-refractivity contribution >= 4 is 5.91 Å². The molecule has 2 fully saturated rings. The van der Waals surface area contributed by atoms with Gasteiger partial charge in [-0.1, -0.05) is 34.1 Å². The van der Waals surface area contributed by atoms with Gasteiger partial charge in [-0.05, 0) is 37.5 Å². The van der Waals surface area contributed by atoms with E-state index >= 15 is 0 Å². The molecule has 1 amide bonds. The third-order valence-corrected chi connectivity index (χ3v) is 4.52. The molecule has 0 aromatic heterocycles. The molecule has 4 atom stereocenters. The number of carbonyl (C=O) groups excluding carboxylic acids is 1. The van der Waals surface area contributed by atoms with E-state index in [1.807, 2.05) is 0 Å². The Morgan fingerprint density at radius 2 is 2.11 bits per heavy atom. The van der Waals surface area contributed by atoms with Crippen LogP contribution in [0.2, 0.25) is 0 Å². The second kappa shape index (κ2) is 5.60. The van der Waals surface area contributed by atoms with Crippen LogP contribution in [0.4, 0.5) is 0 Å². The minimum Gasteiger partial charge on any atom is -0.323 e. The topological polar surface area (TPSA) is 32.3 Å². The summed E-state index contributed by atoms with van der Waals surface area (Å²) in [6.45, 7) is 8.78. The fourth-order valence-corrected chi connectivity index (χ4v) is 3.51. The molecule has 18 heavy (non-hydrogen) atoms. The molecule has 1 saturated heterocycles. The van der Waals surface area contributed by atoms with Crippen LogP contribution < -0.4 is 5.32 Å². The Bertz CT molecular complexity index is 303. The highest BCUT2D eigenvalue weighted by Gasteiger charge is 2.44. The summed E-state index contributed by atoms with van der Waals surface area (Å²) in [5.74, 6) is 1.52. The lowest BCUT2D eigenvalue weighted by Crippen LogP contribution is -2.43. The van der Waals surface area contributed by atoms with Crippen molar-refractivity contribution in [1.29, 1.82) is 0 Å². The number of rotatable bonds is 4. The lowest BCUT2D eigenvalue weighted by atomic mass is 10.0. The number of amides is 1. The van der Waals surface area contributed by atoms with Gasteiger partial charge in [0.1, 0.15) is 0 Å². The monoisotopic (exact) mass is 252 g/mol. The number of nitrogens with zero attached hydrogens (tertiary/aromatic N) is 1. The maximum Gasteiger partial charge on any atom is 0.241 e. The Labute approximate surface area is 111 Å². The van der Waals surface area contributed by atoms with Crippen molar-refractivity contribution in [2.75, 3.05) is 0 Å². The predicted octanol–water partition coefficient (Wildman–Crippen LogP) is 2.76. The lowest BCUT2D eigenvalue weighted by molar-refractivity contribution is -0.133. The van der Waals surface area contributed by atoms with E-state index in [-0.39, 0.29) is 12.2 Å². The van der Waals surface area contributed by atoms with Crippen LogP contribution in [0.1, 0.15) is 59.8 Å². The molecule has 0 aromatic carbocycles. The third-order valence-electron chi connectivity index (χ3n) is 4.52. The third kappa shape index (κ3) is 2.56. The van der Waals surface area contributed by atoms with E-state index in [1.165, 1.54) is 19.3 Å². The zero-order valence-electron chi connectivity index (χ0n) is 12.3. The molecule has 0 bridgehead atoms. The fourth-order valence-electron chi connectivity index (χ4n) is 3.51. The summed E-state index contributed by atoms with van der Waals surface area (Å²) in [7, 11) is 0. The van der Waals surface area contributed by atoms with Gasteiger partial charge in [-0.15, -0.1) is 0 Å². The number of hydrogen-bond donors (Lipinski definition) is 1. The van der Waals surface area contributed by atoms with Crippen molar-refractivity contribution in [3.8, 4) is 0 Å². The Hall–Kier alpha value is -0.570. The molecule has 3 heteroatoms. The maximum atomic E-state index is 12.6. The summed E-state index contributed by atoms with van der Waals surface area (Å²) in [4.78, 5) is 14.8. The van der Waals surface area contributed by atoms with Crippen LogP contribution in [-0.4, -0.2) is 29.1 Å². The Morgan fingerprint density at radius 1 is 1.39 bits per heavy atom. The number of hydrogen-bond acceptors (Lipinski definition) is 2. The van der Waals surface area contributed by atoms with Gasteiger partial charge in [0, 0.05) is 6.04 Å². The van der Waals surface area contributed by atoms with E-state index in [0.29, 0.717) is 17.9 Å². The summed E-state index contributed by atoms with van der Waals surface area (Å²) in [6, 6.07) is 0.526. The van der Waals surface area contributed by atoms with Crippen LogP contribution in [0.3, 0.4) is 0 Å². The van der Waals surface area contributed by atoms with E-state index in [9.17, 15) is 4.79 Å². The van der Waals surface area contributed by atoms with Gasteiger partial charge in [-0.2, -0.15) is 0 Å². The van der Waals surface area contributed by atoms with Crippen LogP contribution in [0.15, 0.2) is 0 Å². The summed E-state index contributed by atoms with van der Waals surface area (Å²) in [5, 5.41) is 3.56. The molecule has 2 aliphatic rings. The quantitative estimate of drug-likeness (QED) is 0.834. The molecular weight excluding hydrogens is 224 g/mol. The first-order chi connectivity index (χ1) is 8.54. The largest absolute Gasteiger partial charge is 0.323 e. The van der Waals surface area contributed by atoms with Crippen molar-refractivity contribution in [2.24, 2.45) is 11.8 Å². The lowest BCUT2D eigenvalue weighted by Gasteiger charge is -2.30. The van der Waals surface area contributed by atoms with E-state index in [0.717, 1.165) is 18.8 Å². The Kier molecular flexibility index (Phi) is 4.31. The SMILES string of the molecule is CCCC1NC(C(C)C)C(=O)N1C1CCC(C)C1. The molecule has 3 nitrogen and oxygen atoms in total. The predicted molar refractivity (Wildman–Crippen MR) is 74.1 cm³/mol. The molecule has 2 rings (SSSR count). The molecule has 1 N–H and O–H groups in total. The Morgan fingerprint density at radius 3 is 2.61 bits per heavy atom. The average molecular weight is 252 g/mol. The van der Waals surface area contributed by atoms with Crippen molar-refractivity contribution in [2.45, 2.75) is 78.0 Å². The zero-order valence-corrected chi connectivity index (χ0v) is 12.3. The molecule has 1 heterocycles. The normalized spacial score (nSPS) is 36.9. The standard InChI is InChI=1S/C15H28N2O/c1-5-6-13-16-14(10(2)3)15(18)17(13)12-8-7-11(4)9-12/h10-14,16H,5-9H2,1-4H3. The fraction of sp³-hybridized carbons (Fsp3) is 0.933. The summed E-state index contributed by atoms with van der Waals surface area (Å²) < 4.78 is 0. The van der Waals surface area contributed by atoms with E-state index in [1.54, 1.807) is 0 Å². The van der Waals surface area contributed by atoms with E-state index in [2.05, 4.69) is 37.9 Å². The average Bonchev–Trinajstić information content (AvgIpc) is 2.84. The molecule has 0 radical (unpaired) electrons. The molecule has 1 aliphatic heterocycles. The number of carbonyl (C=O) groups is 1. The maximum absolute atomic E-state index is 12.6. The minimum absolute atomic E-state index is 0.0393. The molecule has 0 aromatic rings. The zero-order chi connectivity index (χ0) is 13.3.